The molecule has 2 heterocycles. The fourth-order valence-electron chi connectivity index (χ4n) is 2.55. The molecule has 1 aromatic rings. The zero-order valence-corrected chi connectivity index (χ0v) is 11.7. The van der Waals surface area contributed by atoms with Crippen LogP contribution in [0.4, 0.5) is 5.69 Å². The molecule has 1 aromatic heterocycles. The largest absolute Gasteiger partial charge is 0.398 e. The van der Waals surface area contributed by atoms with E-state index in [0.717, 1.165) is 12.8 Å². The number of aliphatic hydroxyl groups is 1. The van der Waals surface area contributed by atoms with Gasteiger partial charge in [-0.05, 0) is 31.7 Å². The van der Waals surface area contributed by atoms with Crippen LogP contribution in [0.1, 0.15) is 19.8 Å². The molecule has 0 spiro atoms. The monoisotopic (exact) mass is 279 g/mol. The van der Waals surface area contributed by atoms with Crippen LogP contribution in [0, 0.1) is 5.92 Å². The third kappa shape index (κ3) is 3.39. The van der Waals surface area contributed by atoms with Crippen molar-refractivity contribution < 1.29 is 9.90 Å². The Kier molecular flexibility index (Phi) is 4.44. The third-order valence-corrected chi connectivity index (χ3v) is 3.89. The van der Waals surface area contributed by atoms with Gasteiger partial charge in [0, 0.05) is 31.0 Å². The fraction of sp³-hybridized carbons (Fsp3) is 0.571. The number of carbonyl (C=O) groups excluding carboxylic acids is 1. The van der Waals surface area contributed by atoms with E-state index >= 15 is 0 Å². The summed E-state index contributed by atoms with van der Waals surface area (Å²) in [5, 5.41) is 9.54. The van der Waals surface area contributed by atoms with Gasteiger partial charge in [0.25, 0.3) is 5.56 Å². The van der Waals surface area contributed by atoms with E-state index in [9.17, 15) is 14.7 Å². The van der Waals surface area contributed by atoms with Crippen LogP contribution in [0.5, 0.6) is 0 Å². The Morgan fingerprint density at radius 3 is 2.70 bits per heavy atom. The van der Waals surface area contributed by atoms with Crippen LogP contribution in [0.15, 0.2) is 23.1 Å². The lowest BCUT2D eigenvalue weighted by Crippen LogP contribution is -2.43. The molecule has 1 unspecified atom stereocenters. The Morgan fingerprint density at radius 1 is 1.45 bits per heavy atom. The molecule has 6 heteroatoms. The van der Waals surface area contributed by atoms with Gasteiger partial charge in [0.15, 0.2) is 0 Å². The van der Waals surface area contributed by atoms with Gasteiger partial charge in [0.2, 0.25) is 5.91 Å². The molecule has 6 nitrogen and oxygen atoms in total. The van der Waals surface area contributed by atoms with Gasteiger partial charge < -0.3 is 20.3 Å². The first kappa shape index (κ1) is 14.6. The van der Waals surface area contributed by atoms with E-state index < -0.39 is 0 Å². The highest BCUT2D eigenvalue weighted by Gasteiger charge is 2.25. The van der Waals surface area contributed by atoms with Crippen LogP contribution in [-0.2, 0) is 11.3 Å². The van der Waals surface area contributed by atoms with Crippen LogP contribution in [0.3, 0.4) is 0 Å². The Morgan fingerprint density at radius 2 is 2.10 bits per heavy atom. The molecule has 0 radical (unpaired) electrons. The summed E-state index contributed by atoms with van der Waals surface area (Å²) < 4.78 is 1.33. The lowest BCUT2D eigenvalue weighted by Gasteiger charge is -2.33. The predicted molar refractivity (Wildman–Crippen MR) is 76.1 cm³/mol. The molecular formula is C14H21N3O3. The molecular weight excluding hydrogens is 258 g/mol. The van der Waals surface area contributed by atoms with Gasteiger partial charge in [-0.25, -0.2) is 0 Å². The molecule has 1 aliphatic rings. The minimum atomic E-state index is -0.330. The summed E-state index contributed by atoms with van der Waals surface area (Å²) in [4.78, 5) is 25.5. The number of nitrogen functional groups attached to an aromatic ring is 1. The summed E-state index contributed by atoms with van der Waals surface area (Å²) in [6.45, 7) is 3.06. The van der Waals surface area contributed by atoms with Crippen molar-refractivity contribution in [2.45, 2.75) is 32.4 Å². The van der Waals surface area contributed by atoms with E-state index in [2.05, 4.69) is 0 Å². The first-order valence-electron chi connectivity index (χ1n) is 6.89. The molecule has 110 valence electrons. The van der Waals surface area contributed by atoms with E-state index in [1.165, 1.54) is 22.9 Å². The molecule has 1 saturated heterocycles. The average Bonchev–Trinajstić information content (AvgIpc) is 2.43. The van der Waals surface area contributed by atoms with Crippen molar-refractivity contribution in [3.8, 4) is 0 Å². The molecule has 0 aliphatic carbocycles. The van der Waals surface area contributed by atoms with Crippen molar-refractivity contribution in [3.05, 3.63) is 28.7 Å². The molecule has 1 atom stereocenters. The summed E-state index contributed by atoms with van der Waals surface area (Å²) >= 11 is 0. The fourth-order valence-corrected chi connectivity index (χ4v) is 2.55. The minimum Gasteiger partial charge on any atom is -0.398 e. The van der Waals surface area contributed by atoms with E-state index in [1.807, 2.05) is 0 Å². The second-order valence-corrected chi connectivity index (χ2v) is 5.39. The number of aromatic nitrogens is 1. The Labute approximate surface area is 117 Å². The van der Waals surface area contributed by atoms with Gasteiger partial charge in [0.1, 0.15) is 6.54 Å². The maximum Gasteiger partial charge on any atom is 0.251 e. The highest BCUT2D eigenvalue weighted by molar-refractivity contribution is 5.76. The quantitative estimate of drug-likeness (QED) is 0.818. The molecule has 1 fully saturated rings. The predicted octanol–water partition coefficient (Wildman–Crippen LogP) is 0.0499. The lowest BCUT2D eigenvalue weighted by atomic mass is 9.92. The number of aliphatic hydroxyl groups excluding tert-OH is 1. The summed E-state index contributed by atoms with van der Waals surface area (Å²) in [5.74, 6) is 0.177. The number of hydrogen-bond donors (Lipinski definition) is 2. The van der Waals surface area contributed by atoms with E-state index in [-0.39, 0.29) is 30.0 Å². The van der Waals surface area contributed by atoms with Gasteiger partial charge in [-0.1, -0.05) is 0 Å². The van der Waals surface area contributed by atoms with E-state index in [1.54, 1.807) is 11.8 Å². The van der Waals surface area contributed by atoms with Crippen molar-refractivity contribution >= 4 is 11.6 Å². The van der Waals surface area contributed by atoms with Crippen LogP contribution in [0.25, 0.3) is 0 Å². The van der Waals surface area contributed by atoms with Crippen LogP contribution < -0.4 is 11.3 Å². The number of carbonyl (C=O) groups is 1. The number of anilines is 1. The maximum absolute atomic E-state index is 12.2. The first-order valence-corrected chi connectivity index (χ1v) is 6.89. The summed E-state index contributed by atoms with van der Waals surface area (Å²) in [6, 6.07) is 2.89. The SMILES string of the molecule is CC(O)C1CCN(C(=O)Cn2cc(N)ccc2=O)CC1. The van der Waals surface area contributed by atoms with Gasteiger partial charge >= 0.3 is 0 Å². The number of nitrogens with zero attached hydrogens (tertiary/aromatic N) is 2. The topological polar surface area (TPSA) is 88.6 Å². The zero-order chi connectivity index (χ0) is 14.7. The van der Waals surface area contributed by atoms with Crippen LogP contribution in [-0.4, -0.2) is 39.7 Å². The summed E-state index contributed by atoms with van der Waals surface area (Å²) in [5.41, 5.74) is 5.85. The van der Waals surface area contributed by atoms with Crippen molar-refractivity contribution in [2.75, 3.05) is 18.8 Å². The van der Waals surface area contributed by atoms with E-state index in [4.69, 9.17) is 5.73 Å². The first-order chi connectivity index (χ1) is 9.47. The Hall–Kier alpha value is -1.82. The highest BCUT2D eigenvalue weighted by Crippen LogP contribution is 2.20. The summed E-state index contributed by atoms with van der Waals surface area (Å²) in [7, 11) is 0. The van der Waals surface area contributed by atoms with Crippen molar-refractivity contribution in [1.29, 1.82) is 0 Å². The third-order valence-electron chi connectivity index (χ3n) is 3.89. The normalized spacial score (nSPS) is 18.0. The second kappa shape index (κ2) is 6.09. The lowest BCUT2D eigenvalue weighted by molar-refractivity contribution is -0.133. The standard InChI is InChI=1S/C14H21N3O3/c1-10(18)11-4-6-16(7-5-11)14(20)9-17-8-12(15)2-3-13(17)19/h2-3,8,10-11,18H,4-7,9,15H2,1H3. The molecule has 1 amide bonds. The number of likely N-dealkylation sites (tertiary alicyclic amines) is 1. The minimum absolute atomic E-state index is 0.0171. The molecule has 0 aromatic carbocycles. The highest BCUT2D eigenvalue weighted by atomic mass is 16.3. The Bertz CT molecular complexity index is 531. The molecule has 2 rings (SSSR count). The number of piperidine rings is 1. The second-order valence-electron chi connectivity index (χ2n) is 5.39. The molecule has 20 heavy (non-hydrogen) atoms. The van der Waals surface area contributed by atoms with Gasteiger partial charge in [-0.15, -0.1) is 0 Å². The number of amides is 1. The smallest absolute Gasteiger partial charge is 0.251 e. The maximum atomic E-state index is 12.2. The van der Waals surface area contributed by atoms with Crippen LogP contribution in [0.2, 0.25) is 0 Å². The number of nitrogens with two attached hydrogens (primary N) is 1. The van der Waals surface area contributed by atoms with Gasteiger partial charge in [-0.2, -0.15) is 0 Å². The van der Waals surface area contributed by atoms with Gasteiger partial charge in [0.05, 0.1) is 6.10 Å². The Balaban J connectivity index is 1.96. The van der Waals surface area contributed by atoms with Crippen molar-refractivity contribution in [2.24, 2.45) is 5.92 Å². The number of pyridine rings is 1. The average molecular weight is 279 g/mol. The van der Waals surface area contributed by atoms with Crippen molar-refractivity contribution in [3.63, 3.8) is 0 Å². The zero-order valence-electron chi connectivity index (χ0n) is 11.7. The molecule has 0 saturated carbocycles. The van der Waals surface area contributed by atoms with Crippen molar-refractivity contribution in [1.82, 2.24) is 9.47 Å². The number of rotatable bonds is 3. The molecule has 3 N–H and O–H groups in total. The molecule has 0 bridgehead atoms. The van der Waals surface area contributed by atoms with Crippen LogP contribution >= 0.6 is 0 Å². The van der Waals surface area contributed by atoms with Gasteiger partial charge in [-0.3, -0.25) is 9.59 Å². The van der Waals surface area contributed by atoms with E-state index in [0.29, 0.717) is 18.8 Å². The number of hydrogen-bond acceptors (Lipinski definition) is 4. The molecule has 1 aliphatic heterocycles. The summed E-state index contributed by atoms with van der Waals surface area (Å²) in [6.07, 6.45) is 2.76.